The number of hydrogen-bond donors (Lipinski definition) is 1. The molecule has 5 heterocycles. The Balaban J connectivity index is 1.48. The highest BCUT2D eigenvalue weighted by atomic mass is 19.3. The molecule has 6 bridgehead atoms. The summed E-state index contributed by atoms with van der Waals surface area (Å²) in [5.74, 6) is -0.796. The summed E-state index contributed by atoms with van der Waals surface area (Å²) in [6.07, 6.45) is 15.0. The molecule has 1 N–H and O–H groups in total. The van der Waals surface area contributed by atoms with Gasteiger partial charge in [0, 0.05) is 44.2 Å². The lowest BCUT2D eigenvalue weighted by Gasteiger charge is -2.35. The Morgan fingerprint density at radius 3 is 2.50 bits per heavy atom. The van der Waals surface area contributed by atoms with E-state index in [4.69, 9.17) is 9.97 Å². The molecule has 1 aromatic carbocycles. The highest BCUT2D eigenvalue weighted by Gasteiger charge is 2.42. The van der Waals surface area contributed by atoms with Gasteiger partial charge in [-0.25, -0.2) is 18.7 Å². The molecule has 6 nitrogen and oxygen atoms in total. The first-order chi connectivity index (χ1) is 22.2. The third-order valence-corrected chi connectivity index (χ3v) is 10.2. The first-order valence-electron chi connectivity index (χ1n) is 17.4. The van der Waals surface area contributed by atoms with E-state index < -0.39 is 11.8 Å². The lowest BCUT2D eigenvalue weighted by Crippen LogP contribution is -2.39. The number of benzene rings is 1. The molecule has 4 aliphatic rings. The van der Waals surface area contributed by atoms with E-state index in [-0.39, 0.29) is 5.56 Å². The average Bonchev–Trinajstić information content (AvgIpc) is 3.06. The molecule has 2 fully saturated rings. The van der Waals surface area contributed by atoms with Crippen LogP contribution >= 0.6 is 0 Å². The fourth-order valence-corrected chi connectivity index (χ4v) is 7.23. The smallest absolute Gasteiger partial charge is 0.276 e. The fourth-order valence-electron chi connectivity index (χ4n) is 7.23. The Morgan fingerprint density at radius 1 is 1.02 bits per heavy atom. The normalized spacial score (nSPS) is 24.7. The van der Waals surface area contributed by atoms with Gasteiger partial charge in [0.15, 0.2) is 0 Å². The van der Waals surface area contributed by atoms with Crippen LogP contribution in [0.5, 0.6) is 0 Å². The number of anilines is 2. The number of alkyl halides is 2. The van der Waals surface area contributed by atoms with Gasteiger partial charge in [-0.15, -0.1) is 0 Å². The molecule has 6 rings (SSSR count). The van der Waals surface area contributed by atoms with E-state index in [0.29, 0.717) is 50.3 Å². The highest BCUT2D eigenvalue weighted by molar-refractivity contribution is 5.76. The maximum absolute atomic E-state index is 15.9. The standard InChI is InChI=1S/C38H54F2N6/c1-6-31(32-15-23-46(24-16-32)28(2)3)26-35-36-41-27-30-13-12-14-34(25-30)38(39,40)33-17-21-45(22-18-33)20-11-9-7-8-10-19-44(5)37(35)43-29(4)42-36/h6,9,11-14,25-26,28,32-33H,1,7-8,10,15-24,27H2,2-5H3,(H,41,42,43)/b11-9-,31-26+. The second-order valence-corrected chi connectivity index (χ2v) is 13.7. The SMILES string of the molecule is C=C/C(=C\c1c2nc(C)nc1N(C)CCCC/C=C\CN1CCC(CC1)C(F)(F)c1cccc(c1)CN2)C1CCN(C(C)C)CC1. The van der Waals surface area contributed by atoms with Crippen molar-refractivity contribution in [2.45, 2.75) is 84.2 Å². The Kier molecular flexibility index (Phi) is 11.7. The second-order valence-electron chi connectivity index (χ2n) is 13.7. The van der Waals surface area contributed by atoms with Gasteiger partial charge in [0.1, 0.15) is 17.5 Å². The van der Waals surface area contributed by atoms with E-state index in [0.717, 1.165) is 81.0 Å². The molecule has 0 radical (unpaired) electrons. The molecule has 4 aliphatic heterocycles. The molecule has 250 valence electrons. The lowest BCUT2D eigenvalue weighted by atomic mass is 9.86. The summed E-state index contributed by atoms with van der Waals surface area (Å²) in [6.45, 7) is 16.3. The van der Waals surface area contributed by atoms with Gasteiger partial charge in [-0.05, 0) is 121 Å². The molecule has 0 spiro atoms. The second kappa shape index (κ2) is 15.7. The summed E-state index contributed by atoms with van der Waals surface area (Å²) in [6, 6.07) is 7.50. The molecule has 0 atom stereocenters. The van der Waals surface area contributed by atoms with E-state index in [1.165, 1.54) is 5.57 Å². The van der Waals surface area contributed by atoms with Gasteiger partial charge in [-0.3, -0.25) is 4.90 Å². The number of aryl methyl sites for hydroxylation is 1. The zero-order valence-corrected chi connectivity index (χ0v) is 28.4. The number of rotatable bonds is 4. The van der Waals surface area contributed by atoms with Crippen LogP contribution < -0.4 is 10.2 Å². The zero-order chi connectivity index (χ0) is 32.7. The molecule has 0 amide bonds. The molecule has 1 aromatic heterocycles. The topological polar surface area (TPSA) is 47.5 Å². The summed E-state index contributed by atoms with van der Waals surface area (Å²) >= 11 is 0. The molecule has 46 heavy (non-hydrogen) atoms. The Hall–Kier alpha value is -3.10. The Labute approximate surface area is 275 Å². The largest absolute Gasteiger partial charge is 0.365 e. The van der Waals surface area contributed by atoms with Crippen LogP contribution in [0.4, 0.5) is 20.4 Å². The van der Waals surface area contributed by atoms with Crippen molar-refractivity contribution in [2.24, 2.45) is 11.8 Å². The number of allylic oxidation sites excluding steroid dienone is 3. The van der Waals surface area contributed by atoms with Crippen molar-refractivity contribution in [3.8, 4) is 0 Å². The van der Waals surface area contributed by atoms with Crippen molar-refractivity contribution >= 4 is 17.7 Å². The van der Waals surface area contributed by atoms with Crippen molar-refractivity contribution < 1.29 is 8.78 Å². The van der Waals surface area contributed by atoms with Gasteiger partial charge in [-0.2, -0.15) is 0 Å². The first-order valence-corrected chi connectivity index (χ1v) is 17.4. The lowest BCUT2D eigenvalue weighted by molar-refractivity contribution is -0.0847. The molecule has 8 heteroatoms. The van der Waals surface area contributed by atoms with Crippen LogP contribution in [-0.2, 0) is 12.5 Å². The van der Waals surface area contributed by atoms with Gasteiger partial charge in [-0.1, -0.05) is 43.0 Å². The van der Waals surface area contributed by atoms with Crippen molar-refractivity contribution in [2.75, 3.05) is 56.5 Å². The third-order valence-electron chi connectivity index (χ3n) is 10.2. The van der Waals surface area contributed by atoms with Gasteiger partial charge in [0.25, 0.3) is 5.92 Å². The van der Waals surface area contributed by atoms with Crippen LogP contribution in [0.3, 0.4) is 0 Å². The summed E-state index contributed by atoms with van der Waals surface area (Å²) < 4.78 is 31.7. The number of nitrogens with one attached hydrogen (secondary N) is 1. The first kappa shape index (κ1) is 34.2. The molecule has 2 saturated heterocycles. The maximum Gasteiger partial charge on any atom is 0.276 e. The van der Waals surface area contributed by atoms with E-state index >= 15 is 8.78 Å². The summed E-state index contributed by atoms with van der Waals surface area (Å²) in [7, 11) is 2.11. The number of aromatic nitrogens is 2. The van der Waals surface area contributed by atoms with Gasteiger partial charge in [0.05, 0.1) is 5.56 Å². The van der Waals surface area contributed by atoms with E-state index in [9.17, 15) is 0 Å². The van der Waals surface area contributed by atoms with Crippen molar-refractivity contribution in [1.29, 1.82) is 0 Å². The number of piperidine rings is 2. The molecule has 0 unspecified atom stereocenters. The predicted molar refractivity (Wildman–Crippen MR) is 187 cm³/mol. The van der Waals surface area contributed by atoms with E-state index in [1.54, 1.807) is 18.2 Å². The molecule has 0 aliphatic carbocycles. The Bertz CT molecular complexity index is 1370. The molecule has 2 aromatic rings. The van der Waals surface area contributed by atoms with Crippen LogP contribution in [-0.4, -0.2) is 72.1 Å². The Morgan fingerprint density at radius 2 is 1.78 bits per heavy atom. The monoisotopic (exact) mass is 632 g/mol. The van der Waals surface area contributed by atoms with Crippen LogP contribution in [0.15, 0.2) is 54.6 Å². The third kappa shape index (κ3) is 8.43. The molecular weight excluding hydrogens is 578 g/mol. The van der Waals surface area contributed by atoms with Gasteiger partial charge >= 0.3 is 0 Å². The van der Waals surface area contributed by atoms with Crippen molar-refractivity contribution in [1.82, 2.24) is 19.8 Å². The molecule has 0 saturated carbocycles. The van der Waals surface area contributed by atoms with E-state index in [2.05, 4.69) is 65.7 Å². The summed E-state index contributed by atoms with van der Waals surface area (Å²) in [5, 5.41) is 3.54. The predicted octanol–water partition coefficient (Wildman–Crippen LogP) is 8.07. The summed E-state index contributed by atoms with van der Waals surface area (Å²) in [4.78, 5) is 16.9. The number of hydrogen-bond acceptors (Lipinski definition) is 6. The number of halogens is 2. The van der Waals surface area contributed by atoms with Crippen LogP contribution in [0.1, 0.15) is 81.3 Å². The van der Waals surface area contributed by atoms with Crippen molar-refractivity contribution in [3.63, 3.8) is 0 Å². The average molecular weight is 633 g/mol. The maximum atomic E-state index is 15.9. The quantitative estimate of drug-likeness (QED) is 0.272. The minimum atomic E-state index is -2.87. The fraction of sp³-hybridized carbons (Fsp3) is 0.579. The number of fused-ring (bicyclic) bond motifs is 9. The zero-order valence-electron chi connectivity index (χ0n) is 28.4. The minimum Gasteiger partial charge on any atom is -0.365 e. The molecular formula is C38H54F2N6. The van der Waals surface area contributed by atoms with Crippen molar-refractivity contribution in [3.05, 3.63) is 77.2 Å². The number of likely N-dealkylation sites (tertiary alicyclic amines) is 1. The minimum absolute atomic E-state index is 0.108. The van der Waals surface area contributed by atoms with Crippen LogP contribution in [0, 0.1) is 18.8 Å². The number of nitrogens with zero attached hydrogens (tertiary/aromatic N) is 5. The van der Waals surface area contributed by atoms with Crippen LogP contribution in [0.25, 0.3) is 6.08 Å². The van der Waals surface area contributed by atoms with Crippen LogP contribution in [0.2, 0.25) is 0 Å². The van der Waals surface area contributed by atoms with Gasteiger partial charge in [0.2, 0.25) is 0 Å². The highest BCUT2D eigenvalue weighted by Crippen LogP contribution is 2.42. The summed E-state index contributed by atoms with van der Waals surface area (Å²) in [5.41, 5.74) is 3.07. The van der Waals surface area contributed by atoms with E-state index in [1.807, 2.05) is 19.1 Å². The van der Waals surface area contributed by atoms with Gasteiger partial charge < -0.3 is 15.1 Å².